The van der Waals surface area contributed by atoms with Gasteiger partial charge in [0, 0.05) is 57.8 Å². The van der Waals surface area contributed by atoms with E-state index < -0.39 is 0 Å². The summed E-state index contributed by atoms with van der Waals surface area (Å²) in [6.45, 7) is 9.57. The second kappa shape index (κ2) is 9.12. The number of piperazine rings is 1. The maximum atomic E-state index is 9.46. The first-order valence-corrected chi connectivity index (χ1v) is 9.45. The number of allylic oxidation sites excluding steroid dienone is 1. The molecule has 1 aliphatic rings. The van der Waals surface area contributed by atoms with Crippen molar-refractivity contribution in [1.82, 2.24) is 19.6 Å². The quantitative estimate of drug-likeness (QED) is 0.777. The first-order valence-electron chi connectivity index (χ1n) is 9.45. The Bertz CT molecular complexity index is 707. The topological polar surface area (TPSA) is 44.5 Å². The van der Waals surface area contributed by atoms with Gasteiger partial charge < -0.3 is 5.11 Å². The van der Waals surface area contributed by atoms with E-state index in [2.05, 4.69) is 59.1 Å². The smallest absolute Gasteiger partial charge is 0.0648 e. The third-order valence-corrected chi connectivity index (χ3v) is 4.97. The molecule has 1 N–H and O–H groups in total. The van der Waals surface area contributed by atoms with Crippen LogP contribution in [-0.2, 0) is 6.54 Å². The summed E-state index contributed by atoms with van der Waals surface area (Å²) >= 11 is 0. The lowest BCUT2D eigenvalue weighted by molar-refractivity contribution is 0.0637. The highest BCUT2D eigenvalue weighted by Crippen LogP contribution is 2.17. The molecule has 2 heterocycles. The molecule has 0 bridgehead atoms. The molecule has 5 nitrogen and oxygen atoms in total. The average molecular weight is 354 g/mol. The first-order chi connectivity index (χ1) is 12.7. The summed E-state index contributed by atoms with van der Waals surface area (Å²) in [5.74, 6) is 0. The highest BCUT2D eigenvalue weighted by molar-refractivity contribution is 5.35. The number of rotatable bonds is 7. The molecule has 1 aromatic heterocycles. The van der Waals surface area contributed by atoms with Crippen LogP contribution in [0.1, 0.15) is 25.8 Å². The maximum Gasteiger partial charge on any atom is 0.0648 e. The lowest BCUT2D eigenvalue weighted by atomic mass is 10.1. The summed E-state index contributed by atoms with van der Waals surface area (Å²) in [7, 11) is 0. The fourth-order valence-corrected chi connectivity index (χ4v) is 3.54. The summed E-state index contributed by atoms with van der Waals surface area (Å²) in [4.78, 5) is 5.00. The van der Waals surface area contributed by atoms with E-state index in [1.807, 2.05) is 16.9 Å². The van der Waals surface area contributed by atoms with Crippen molar-refractivity contribution in [3.05, 3.63) is 59.9 Å². The first kappa shape index (κ1) is 18.8. The maximum absolute atomic E-state index is 9.46. The Kier molecular flexibility index (Phi) is 6.61. The summed E-state index contributed by atoms with van der Waals surface area (Å²) in [6, 6.07) is 10.9. The zero-order chi connectivity index (χ0) is 18.4. The van der Waals surface area contributed by atoms with Gasteiger partial charge in [0.15, 0.2) is 0 Å². The largest absolute Gasteiger partial charge is 0.396 e. The Morgan fingerprint density at radius 2 is 2.15 bits per heavy atom. The molecule has 2 aromatic rings. The fourth-order valence-electron chi connectivity index (χ4n) is 3.54. The van der Waals surface area contributed by atoms with Gasteiger partial charge in [0.25, 0.3) is 0 Å². The fraction of sp³-hybridized carbons (Fsp3) is 0.476. The van der Waals surface area contributed by atoms with Crippen LogP contribution in [0.4, 0.5) is 0 Å². The van der Waals surface area contributed by atoms with Crippen molar-refractivity contribution < 1.29 is 5.11 Å². The summed E-state index contributed by atoms with van der Waals surface area (Å²) in [5, 5.41) is 13.8. The van der Waals surface area contributed by atoms with Crippen LogP contribution in [0.3, 0.4) is 0 Å². The molecule has 1 aliphatic heterocycles. The van der Waals surface area contributed by atoms with Crippen LogP contribution in [0, 0.1) is 0 Å². The van der Waals surface area contributed by atoms with Crippen LogP contribution in [0.25, 0.3) is 5.69 Å². The molecule has 140 valence electrons. The zero-order valence-corrected chi connectivity index (χ0v) is 15.9. The van der Waals surface area contributed by atoms with Gasteiger partial charge in [-0.25, -0.2) is 4.68 Å². The lowest BCUT2D eigenvalue weighted by Gasteiger charge is -2.41. The van der Waals surface area contributed by atoms with Crippen LogP contribution in [0.15, 0.2) is 54.4 Å². The van der Waals surface area contributed by atoms with Crippen molar-refractivity contribution in [2.24, 2.45) is 0 Å². The van der Waals surface area contributed by atoms with Gasteiger partial charge in [0.1, 0.15) is 0 Å². The molecule has 26 heavy (non-hydrogen) atoms. The van der Waals surface area contributed by atoms with Gasteiger partial charge in [-0.3, -0.25) is 9.80 Å². The molecule has 1 saturated heterocycles. The van der Waals surface area contributed by atoms with E-state index in [1.165, 1.54) is 11.1 Å². The molecule has 0 aliphatic carbocycles. The summed E-state index contributed by atoms with van der Waals surface area (Å²) in [6.07, 6.45) is 6.89. The number of hydrogen-bond acceptors (Lipinski definition) is 4. The summed E-state index contributed by atoms with van der Waals surface area (Å²) < 4.78 is 1.90. The SMILES string of the molecule is CC(C)=CCN1CCN(Cc2cccc(-n3cccn3)c2)CC1CCO. The predicted molar refractivity (Wildman–Crippen MR) is 105 cm³/mol. The van der Waals surface area contributed by atoms with Crippen molar-refractivity contribution in [2.45, 2.75) is 32.9 Å². The Balaban J connectivity index is 1.64. The van der Waals surface area contributed by atoms with Crippen LogP contribution in [0.2, 0.25) is 0 Å². The average Bonchev–Trinajstić information content (AvgIpc) is 3.16. The Morgan fingerprint density at radius 1 is 1.27 bits per heavy atom. The highest BCUT2D eigenvalue weighted by Gasteiger charge is 2.25. The Labute approximate surface area is 156 Å². The second-order valence-corrected chi connectivity index (χ2v) is 7.30. The Morgan fingerprint density at radius 3 is 2.88 bits per heavy atom. The van der Waals surface area contributed by atoms with Gasteiger partial charge in [-0.05, 0) is 44.0 Å². The zero-order valence-electron chi connectivity index (χ0n) is 15.9. The molecule has 5 heteroatoms. The molecule has 0 radical (unpaired) electrons. The van der Waals surface area contributed by atoms with E-state index in [0.29, 0.717) is 6.04 Å². The number of aliphatic hydroxyl groups excluding tert-OH is 1. The molecule has 0 spiro atoms. The van der Waals surface area contributed by atoms with Crippen LogP contribution in [0.5, 0.6) is 0 Å². The van der Waals surface area contributed by atoms with Crippen molar-refractivity contribution >= 4 is 0 Å². The van der Waals surface area contributed by atoms with E-state index >= 15 is 0 Å². The Hall–Kier alpha value is -1.95. The number of nitrogens with zero attached hydrogens (tertiary/aromatic N) is 4. The van der Waals surface area contributed by atoms with Crippen LogP contribution in [-0.4, -0.2) is 63.5 Å². The minimum absolute atomic E-state index is 0.249. The highest BCUT2D eigenvalue weighted by atomic mass is 16.3. The molecule has 1 fully saturated rings. The molecule has 0 amide bonds. The van der Waals surface area contributed by atoms with Gasteiger partial charge in [-0.2, -0.15) is 5.10 Å². The van der Waals surface area contributed by atoms with E-state index in [9.17, 15) is 5.11 Å². The van der Waals surface area contributed by atoms with Crippen molar-refractivity contribution in [2.75, 3.05) is 32.8 Å². The molecular formula is C21H30N4O. The number of aliphatic hydroxyl groups is 1. The van der Waals surface area contributed by atoms with Gasteiger partial charge in [0.2, 0.25) is 0 Å². The van der Waals surface area contributed by atoms with Gasteiger partial charge >= 0.3 is 0 Å². The van der Waals surface area contributed by atoms with Crippen LogP contribution < -0.4 is 0 Å². The normalized spacial score (nSPS) is 18.8. The van der Waals surface area contributed by atoms with Gasteiger partial charge in [-0.15, -0.1) is 0 Å². The lowest BCUT2D eigenvalue weighted by Crippen LogP contribution is -2.53. The van der Waals surface area contributed by atoms with E-state index in [-0.39, 0.29) is 6.61 Å². The predicted octanol–water partition coefficient (Wildman–Crippen LogP) is 2.71. The minimum Gasteiger partial charge on any atom is -0.396 e. The van der Waals surface area contributed by atoms with E-state index in [0.717, 1.165) is 44.8 Å². The number of hydrogen-bond donors (Lipinski definition) is 1. The molecule has 1 aromatic carbocycles. The molecule has 1 atom stereocenters. The third kappa shape index (κ3) is 5.04. The van der Waals surface area contributed by atoms with Crippen molar-refractivity contribution in [3.63, 3.8) is 0 Å². The molecule has 0 saturated carbocycles. The van der Waals surface area contributed by atoms with E-state index in [4.69, 9.17) is 0 Å². The van der Waals surface area contributed by atoms with E-state index in [1.54, 1.807) is 6.20 Å². The van der Waals surface area contributed by atoms with Crippen LogP contribution >= 0.6 is 0 Å². The van der Waals surface area contributed by atoms with Crippen molar-refractivity contribution in [1.29, 1.82) is 0 Å². The molecular weight excluding hydrogens is 324 g/mol. The van der Waals surface area contributed by atoms with Gasteiger partial charge in [-0.1, -0.05) is 23.8 Å². The minimum atomic E-state index is 0.249. The second-order valence-electron chi connectivity index (χ2n) is 7.30. The summed E-state index contributed by atoms with van der Waals surface area (Å²) in [5.41, 5.74) is 3.76. The molecule has 1 unspecified atom stereocenters. The number of aromatic nitrogens is 2. The monoisotopic (exact) mass is 354 g/mol. The van der Waals surface area contributed by atoms with Gasteiger partial charge in [0.05, 0.1) is 5.69 Å². The molecule has 3 rings (SSSR count). The third-order valence-electron chi connectivity index (χ3n) is 4.97. The standard InChI is InChI=1S/C21H30N4O/c1-18(2)7-11-24-13-12-23(17-21(24)8-14-26)16-19-5-3-6-20(15-19)25-10-4-9-22-25/h3-7,9-10,15,21,26H,8,11-14,16-17H2,1-2H3. The van der Waals surface area contributed by atoms with Crippen molar-refractivity contribution in [3.8, 4) is 5.69 Å². The number of benzene rings is 1.